The van der Waals surface area contributed by atoms with Crippen LogP contribution < -0.4 is 15.6 Å². The Bertz CT molecular complexity index is 482. The molecule has 0 fully saturated rings. The number of hydrogen-bond acceptors (Lipinski definition) is 4. The van der Waals surface area contributed by atoms with Crippen molar-refractivity contribution in [2.75, 3.05) is 16.4 Å². The van der Waals surface area contributed by atoms with Crippen molar-refractivity contribution in [1.82, 2.24) is 5.43 Å². The third-order valence-corrected chi connectivity index (χ3v) is 2.46. The van der Waals surface area contributed by atoms with Gasteiger partial charge in [0, 0.05) is 12.1 Å². The summed E-state index contributed by atoms with van der Waals surface area (Å²) < 4.78 is 24.3. The molecular formula is C10H15N3O3S. The average Bonchev–Trinajstić information content (AvgIpc) is 2.25. The molecule has 1 aromatic rings. The van der Waals surface area contributed by atoms with Crippen LogP contribution >= 0.6 is 0 Å². The fraction of sp³-hybridized carbons (Fsp3) is 0.300. The van der Waals surface area contributed by atoms with Crippen LogP contribution in [0.5, 0.6) is 0 Å². The maximum absolute atomic E-state index is 11.0. The summed E-state index contributed by atoms with van der Waals surface area (Å²) in [5.74, 6) is -0.122. The van der Waals surface area contributed by atoms with Crippen LogP contribution in [-0.2, 0) is 14.8 Å². The van der Waals surface area contributed by atoms with E-state index < -0.39 is 10.0 Å². The molecule has 1 aromatic carbocycles. The van der Waals surface area contributed by atoms with Crippen molar-refractivity contribution in [3.63, 3.8) is 0 Å². The molecule has 6 nitrogen and oxygen atoms in total. The number of benzene rings is 1. The van der Waals surface area contributed by atoms with Gasteiger partial charge in [-0.1, -0.05) is 6.92 Å². The Labute approximate surface area is 100 Å². The maximum Gasteiger partial charge on any atom is 0.238 e. The van der Waals surface area contributed by atoms with Gasteiger partial charge in [-0.25, -0.2) is 8.42 Å². The van der Waals surface area contributed by atoms with E-state index in [0.717, 1.165) is 6.26 Å². The molecule has 94 valence electrons. The zero-order valence-electron chi connectivity index (χ0n) is 9.65. The van der Waals surface area contributed by atoms with Gasteiger partial charge in [-0.05, 0) is 24.3 Å². The van der Waals surface area contributed by atoms with E-state index in [4.69, 9.17) is 0 Å². The molecule has 0 aromatic heterocycles. The lowest BCUT2D eigenvalue weighted by Crippen LogP contribution is -2.28. The van der Waals surface area contributed by atoms with E-state index in [1.54, 1.807) is 31.2 Å². The van der Waals surface area contributed by atoms with Crippen molar-refractivity contribution in [1.29, 1.82) is 0 Å². The molecule has 0 saturated carbocycles. The maximum atomic E-state index is 11.0. The Morgan fingerprint density at radius 2 is 1.71 bits per heavy atom. The predicted molar refractivity (Wildman–Crippen MR) is 67.0 cm³/mol. The van der Waals surface area contributed by atoms with Crippen molar-refractivity contribution < 1.29 is 13.2 Å². The van der Waals surface area contributed by atoms with Crippen molar-refractivity contribution >= 4 is 27.3 Å². The number of rotatable bonds is 5. The van der Waals surface area contributed by atoms with Gasteiger partial charge >= 0.3 is 0 Å². The standard InChI is InChI=1S/C10H15N3O3S/c1-3-10(14)12-11-8-4-6-9(7-5-8)13-17(2,15)16/h4-7,11,13H,3H2,1-2H3,(H,12,14). The second-order valence-electron chi connectivity index (χ2n) is 3.48. The Balaban J connectivity index is 2.59. The molecule has 1 amide bonds. The molecule has 0 aliphatic heterocycles. The third kappa shape index (κ3) is 5.21. The molecule has 0 spiro atoms. The summed E-state index contributed by atoms with van der Waals surface area (Å²) in [5, 5.41) is 0. The van der Waals surface area contributed by atoms with Crippen molar-refractivity contribution in [2.45, 2.75) is 13.3 Å². The van der Waals surface area contributed by atoms with Crippen LogP contribution in [0.4, 0.5) is 11.4 Å². The lowest BCUT2D eigenvalue weighted by atomic mass is 10.3. The number of carbonyl (C=O) groups excluding carboxylic acids is 1. The summed E-state index contributed by atoms with van der Waals surface area (Å²) in [4.78, 5) is 11.0. The first-order valence-electron chi connectivity index (χ1n) is 5.03. The van der Waals surface area contributed by atoms with Gasteiger partial charge in [-0.15, -0.1) is 0 Å². The van der Waals surface area contributed by atoms with E-state index in [0.29, 0.717) is 17.8 Å². The molecular weight excluding hydrogens is 242 g/mol. The molecule has 0 aliphatic rings. The van der Waals surface area contributed by atoms with E-state index in [1.807, 2.05) is 0 Å². The second kappa shape index (κ2) is 5.53. The van der Waals surface area contributed by atoms with Gasteiger partial charge in [0.05, 0.1) is 11.9 Å². The molecule has 17 heavy (non-hydrogen) atoms. The van der Waals surface area contributed by atoms with Crippen molar-refractivity contribution in [3.8, 4) is 0 Å². The molecule has 0 saturated heterocycles. The summed E-state index contributed by atoms with van der Waals surface area (Å²) in [5.41, 5.74) is 6.34. The van der Waals surface area contributed by atoms with E-state index in [1.165, 1.54) is 0 Å². The summed E-state index contributed by atoms with van der Waals surface area (Å²) in [6.45, 7) is 1.75. The molecule has 0 radical (unpaired) electrons. The van der Waals surface area contributed by atoms with Gasteiger partial charge < -0.3 is 0 Å². The summed E-state index contributed by atoms with van der Waals surface area (Å²) in [6, 6.07) is 6.51. The topological polar surface area (TPSA) is 87.3 Å². The van der Waals surface area contributed by atoms with Gasteiger partial charge in [0.2, 0.25) is 15.9 Å². The van der Waals surface area contributed by atoms with E-state index in [9.17, 15) is 13.2 Å². The number of carbonyl (C=O) groups is 1. The lowest BCUT2D eigenvalue weighted by molar-refractivity contribution is -0.120. The molecule has 0 atom stereocenters. The largest absolute Gasteiger partial charge is 0.299 e. The molecule has 0 unspecified atom stereocenters. The zero-order valence-corrected chi connectivity index (χ0v) is 10.5. The molecule has 0 bridgehead atoms. The molecule has 7 heteroatoms. The molecule has 0 aliphatic carbocycles. The first-order valence-corrected chi connectivity index (χ1v) is 6.92. The highest BCUT2D eigenvalue weighted by Gasteiger charge is 2.01. The Morgan fingerprint density at radius 3 is 2.18 bits per heavy atom. The monoisotopic (exact) mass is 257 g/mol. The van der Waals surface area contributed by atoms with Crippen LogP contribution in [-0.4, -0.2) is 20.6 Å². The SMILES string of the molecule is CCC(=O)NNc1ccc(NS(C)(=O)=O)cc1. The van der Waals surface area contributed by atoms with Crippen molar-refractivity contribution in [2.24, 2.45) is 0 Å². The summed E-state index contributed by atoms with van der Waals surface area (Å²) in [7, 11) is -3.26. The summed E-state index contributed by atoms with van der Waals surface area (Å²) in [6.07, 6.45) is 1.47. The minimum Gasteiger partial charge on any atom is -0.299 e. The number of anilines is 2. The second-order valence-corrected chi connectivity index (χ2v) is 5.23. The van der Waals surface area contributed by atoms with Crippen LogP contribution in [0.25, 0.3) is 0 Å². The van der Waals surface area contributed by atoms with Gasteiger partial charge in [0.15, 0.2) is 0 Å². The van der Waals surface area contributed by atoms with Gasteiger partial charge in [-0.3, -0.25) is 20.4 Å². The first-order chi connectivity index (χ1) is 7.90. The van der Waals surface area contributed by atoms with Gasteiger partial charge in [0.1, 0.15) is 0 Å². The van der Waals surface area contributed by atoms with Crippen LogP contribution in [0.1, 0.15) is 13.3 Å². The van der Waals surface area contributed by atoms with Crippen LogP contribution in [0.2, 0.25) is 0 Å². The minimum absolute atomic E-state index is 0.122. The predicted octanol–water partition coefficient (Wildman–Crippen LogP) is 0.911. The van der Waals surface area contributed by atoms with E-state index in [-0.39, 0.29) is 5.91 Å². The molecule has 1 rings (SSSR count). The third-order valence-electron chi connectivity index (χ3n) is 1.86. The van der Waals surface area contributed by atoms with Crippen LogP contribution in [0.3, 0.4) is 0 Å². The van der Waals surface area contributed by atoms with Crippen molar-refractivity contribution in [3.05, 3.63) is 24.3 Å². The lowest BCUT2D eigenvalue weighted by Gasteiger charge is -2.08. The van der Waals surface area contributed by atoms with Gasteiger partial charge in [-0.2, -0.15) is 0 Å². The fourth-order valence-electron chi connectivity index (χ4n) is 1.07. The van der Waals surface area contributed by atoms with E-state index in [2.05, 4.69) is 15.6 Å². The molecule has 3 N–H and O–H groups in total. The fourth-order valence-corrected chi connectivity index (χ4v) is 1.63. The van der Waals surface area contributed by atoms with Crippen LogP contribution in [0.15, 0.2) is 24.3 Å². The van der Waals surface area contributed by atoms with Gasteiger partial charge in [0.25, 0.3) is 0 Å². The molecule has 0 heterocycles. The normalized spacial score (nSPS) is 10.7. The highest BCUT2D eigenvalue weighted by Crippen LogP contribution is 2.13. The number of amides is 1. The quantitative estimate of drug-likeness (QED) is 0.684. The summed E-state index contributed by atoms with van der Waals surface area (Å²) >= 11 is 0. The number of sulfonamides is 1. The Kier molecular flexibility index (Phi) is 4.33. The Hall–Kier alpha value is -1.76. The number of hydrazine groups is 1. The highest BCUT2D eigenvalue weighted by atomic mass is 32.2. The smallest absolute Gasteiger partial charge is 0.238 e. The van der Waals surface area contributed by atoms with E-state index >= 15 is 0 Å². The first kappa shape index (κ1) is 13.3. The zero-order chi connectivity index (χ0) is 12.9. The highest BCUT2D eigenvalue weighted by molar-refractivity contribution is 7.92. The average molecular weight is 257 g/mol. The Morgan fingerprint density at radius 1 is 1.18 bits per heavy atom. The minimum atomic E-state index is -3.26. The number of hydrogen-bond donors (Lipinski definition) is 3. The van der Waals surface area contributed by atoms with Crippen LogP contribution in [0, 0.1) is 0 Å². The number of nitrogens with one attached hydrogen (secondary N) is 3.